The van der Waals surface area contributed by atoms with E-state index < -0.39 is 0 Å². The number of aryl methyl sites for hydroxylation is 2. The van der Waals surface area contributed by atoms with Gasteiger partial charge in [-0.25, -0.2) is 0 Å². The lowest BCUT2D eigenvalue weighted by Crippen LogP contribution is -2.09. The lowest BCUT2D eigenvalue weighted by molar-refractivity contribution is -0.111. The second-order valence-electron chi connectivity index (χ2n) is 6.26. The molecule has 6 heteroatoms. The molecule has 1 aliphatic carbocycles. The summed E-state index contributed by atoms with van der Waals surface area (Å²) in [7, 11) is 1.78. The normalized spacial score (nSPS) is 15.2. The smallest absolute Gasteiger partial charge is 0.248 e. The number of nitrogens with one attached hydrogen (secondary N) is 1. The first-order valence-corrected chi connectivity index (χ1v) is 9.74. The molecule has 1 heterocycles. The van der Waals surface area contributed by atoms with Crippen LogP contribution >= 0.6 is 23.4 Å². The number of hydrogen-bond donors (Lipinski definition) is 1. The maximum atomic E-state index is 12.3. The molecule has 1 N–H and O–H groups in total. The van der Waals surface area contributed by atoms with Crippen LogP contribution in [0.2, 0.25) is 5.15 Å². The molecule has 1 aliphatic rings. The van der Waals surface area contributed by atoms with E-state index in [1.807, 2.05) is 36.9 Å². The Bertz CT molecular complexity index is 794. The highest BCUT2D eigenvalue weighted by molar-refractivity contribution is 8.00. The Labute approximate surface area is 157 Å². The first-order valence-electron chi connectivity index (χ1n) is 8.48. The molecule has 132 valence electrons. The van der Waals surface area contributed by atoms with Crippen LogP contribution in [-0.2, 0) is 11.8 Å². The third-order valence-corrected chi connectivity index (χ3v) is 6.20. The van der Waals surface area contributed by atoms with Crippen molar-refractivity contribution in [2.45, 2.75) is 42.8 Å². The summed E-state index contributed by atoms with van der Waals surface area (Å²) < 4.78 is 1.60. The molecule has 0 bridgehead atoms. The second-order valence-corrected chi connectivity index (χ2v) is 7.96. The van der Waals surface area contributed by atoms with Gasteiger partial charge in [-0.3, -0.25) is 9.48 Å². The molecule has 0 saturated heterocycles. The van der Waals surface area contributed by atoms with Gasteiger partial charge in [0.2, 0.25) is 5.91 Å². The third kappa shape index (κ3) is 4.47. The number of rotatable bonds is 5. The van der Waals surface area contributed by atoms with Crippen molar-refractivity contribution >= 4 is 41.0 Å². The zero-order valence-corrected chi connectivity index (χ0v) is 16.0. The number of para-hydroxylation sites is 1. The fourth-order valence-corrected chi connectivity index (χ4v) is 4.60. The molecule has 3 rings (SSSR count). The minimum atomic E-state index is -0.168. The summed E-state index contributed by atoms with van der Waals surface area (Å²) in [6.07, 6.45) is 8.34. The number of hydrogen-bond acceptors (Lipinski definition) is 3. The number of halogens is 1. The van der Waals surface area contributed by atoms with Gasteiger partial charge in [0.05, 0.1) is 11.4 Å². The lowest BCUT2D eigenvalue weighted by atomic mass is 10.2. The predicted molar refractivity (Wildman–Crippen MR) is 105 cm³/mol. The van der Waals surface area contributed by atoms with Crippen LogP contribution in [0, 0.1) is 6.92 Å². The van der Waals surface area contributed by atoms with Gasteiger partial charge in [-0.1, -0.05) is 36.6 Å². The van der Waals surface area contributed by atoms with Gasteiger partial charge in [0.1, 0.15) is 5.15 Å². The van der Waals surface area contributed by atoms with Crippen LogP contribution in [-0.4, -0.2) is 20.9 Å². The summed E-state index contributed by atoms with van der Waals surface area (Å²) in [6, 6.07) is 7.98. The summed E-state index contributed by atoms with van der Waals surface area (Å²) >= 11 is 8.06. The third-order valence-electron chi connectivity index (χ3n) is 4.34. The Balaban J connectivity index is 1.69. The fraction of sp³-hybridized carbons (Fsp3) is 0.368. The van der Waals surface area contributed by atoms with Crippen LogP contribution in [0.1, 0.15) is 36.9 Å². The van der Waals surface area contributed by atoms with Gasteiger partial charge in [0.15, 0.2) is 0 Å². The predicted octanol–water partition coefficient (Wildman–Crippen LogP) is 5.07. The van der Waals surface area contributed by atoms with Crippen molar-refractivity contribution in [1.29, 1.82) is 0 Å². The average Bonchev–Trinajstić information content (AvgIpc) is 3.17. The maximum Gasteiger partial charge on any atom is 0.248 e. The fourth-order valence-electron chi connectivity index (χ4n) is 3.03. The van der Waals surface area contributed by atoms with Crippen LogP contribution in [0.3, 0.4) is 0 Å². The number of benzene rings is 1. The summed E-state index contributed by atoms with van der Waals surface area (Å²) in [6.45, 7) is 1.87. The molecule has 4 nitrogen and oxygen atoms in total. The standard InChI is InChI=1S/C19H22ClN3OS/c1-13-15(19(20)23(2)22-13)11-12-18(24)21-16-9-5-6-10-17(16)25-14-7-3-4-8-14/h5-6,9-12,14H,3-4,7-8H2,1-2H3,(H,21,24)/b12-11+. The van der Waals surface area contributed by atoms with Gasteiger partial charge in [0.25, 0.3) is 0 Å². The van der Waals surface area contributed by atoms with Crippen LogP contribution in [0.4, 0.5) is 5.69 Å². The highest BCUT2D eigenvalue weighted by Gasteiger charge is 2.18. The summed E-state index contributed by atoms with van der Waals surface area (Å²) in [5.41, 5.74) is 2.43. The van der Waals surface area contributed by atoms with Crippen LogP contribution in [0.15, 0.2) is 35.2 Å². The molecule has 0 radical (unpaired) electrons. The largest absolute Gasteiger partial charge is 0.321 e. The van der Waals surface area contributed by atoms with Crippen LogP contribution in [0.25, 0.3) is 6.08 Å². The van der Waals surface area contributed by atoms with Crippen LogP contribution < -0.4 is 5.32 Å². The molecule has 0 spiro atoms. The minimum Gasteiger partial charge on any atom is -0.321 e. The Morgan fingerprint density at radius 3 is 2.76 bits per heavy atom. The molecule has 1 fully saturated rings. The molecule has 25 heavy (non-hydrogen) atoms. The molecule has 0 aliphatic heterocycles. The van der Waals surface area contributed by atoms with Crippen molar-refractivity contribution < 1.29 is 4.79 Å². The van der Waals surface area contributed by atoms with Gasteiger partial charge in [-0.2, -0.15) is 5.10 Å². The zero-order valence-electron chi connectivity index (χ0n) is 14.5. The summed E-state index contributed by atoms with van der Waals surface area (Å²) in [5, 5.41) is 8.41. The van der Waals surface area contributed by atoms with Gasteiger partial charge in [-0.15, -0.1) is 11.8 Å². The first kappa shape index (κ1) is 18.1. The molecule has 1 aromatic carbocycles. The molecule has 0 unspecified atom stereocenters. The van der Waals surface area contributed by atoms with E-state index in [-0.39, 0.29) is 5.91 Å². The lowest BCUT2D eigenvalue weighted by Gasteiger charge is -2.13. The monoisotopic (exact) mass is 375 g/mol. The Kier molecular flexibility index (Phi) is 5.86. The molecule has 1 amide bonds. The van der Waals surface area contributed by atoms with Crippen molar-refractivity contribution in [2.24, 2.45) is 7.05 Å². The molecule has 0 atom stereocenters. The molecular formula is C19H22ClN3OS. The van der Waals surface area contributed by atoms with Crippen molar-refractivity contribution in [3.63, 3.8) is 0 Å². The number of carbonyl (C=O) groups is 1. The highest BCUT2D eigenvalue weighted by Crippen LogP contribution is 2.38. The quantitative estimate of drug-likeness (QED) is 0.742. The van der Waals surface area contributed by atoms with Gasteiger partial charge >= 0.3 is 0 Å². The molecule has 1 aromatic heterocycles. The van der Waals surface area contributed by atoms with Crippen LogP contribution in [0.5, 0.6) is 0 Å². The Morgan fingerprint density at radius 2 is 2.08 bits per heavy atom. The van der Waals surface area contributed by atoms with E-state index in [0.29, 0.717) is 10.4 Å². The van der Waals surface area contributed by atoms with E-state index >= 15 is 0 Å². The van der Waals surface area contributed by atoms with Gasteiger partial charge in [-0.05, 0) is 38.0 Å². The highest BCUT2D eigenvalue weighted by atomic mass is 35.5. The zero-order chi connectivity index (χ0) is 17.8. The summed E-state index contributed by atoms with van der Waals surface area (Å²) in [4.78, 5) is 13.5. The molecule has 2 aromatic rings. The summed E-state index contributed by atoms with van der Waals surface area (Å²) in [5.74, 6) is -0.168. The van der Waals surface area contributed by atoms with E-state index in [0.717, 1.165) is 21.8 Å². The topological polar surface area (TPSA) is 46.9 Å². The van der Waals surface area contributed by atoms with Crippen molar-refractivity contribution in [3.05, 3.63) is 46.8 Å². The molecule has 1 saturated carbocycles. The number of nitrogens with zero attached hydrogens (tertiary/aromatic N) is 2. The van der Waals surface area contributed by atoms with E-state index in [1.54, 1.807) is 17.8 Å². The first-order chi connectivity index (χ1) is 12.0. The SMILES string of the molecule is Cc1nn(C)c(Cl)c1/C=C/C(=O)Nc1ccccc1SC1CCCC1. The van der Waals surface area contributed by atoms with E-state index in [2.05, 4.69) is 16.5 Å². The van der Waals surface area contributed by atoms with Gasteiger partial charge < -0.3 is 5.32 Å². The van der Waals surface area contributed by atoms with E-state index in [1.165, 1.54) is 31.8 Å². The second kappa shape index (κ2) is 8.11. The number of thioether (sulfide) groups is 1. The van der Waals surface area contributed by atoms with Crippen molar-refractivity contribution in [2.75, 3.05) is 5.32 Å². The number of amides is 1. The Morgan fingerprint density at radius 1 is 1.36 bits per heavy atom. The van der Waals surface area contributed by atoms with Crippen molar-refractivity contribution in [1.82, 2.24) is 9.78 Å². The van der Waals surface area contributed by atoms with Gasteiger partial charge in [0, 0.05) is 28.8 Å². The number of aromatic nitrogens is 2. The Hall–Kier alpha value is -1.72. The number of anilines is 1. The minimum absolute atomic E-state index is 0.168. The number of carbonyl (C=O) groups excluding carboxylic acids is 1. The van der Waals surface area contributed by atoms with E-state index in [9.17, 15) is 4.79 Å². The average molecular weight is 376 g/mol. The van der Waals surface area contributed by atoms with E-state index in [4.69, 9.17) is 11.6 Å². The maximum absolute atomic E-state index is 12.3. The molecular weight excluding hydrogens is 354 g/mol. The van der Waals surface area contributed by atoms with Crippen molar-refractivity contribution in [3.8, 4) is 0 Å².